The summed E-state index contributed by atoms with van der Waals surface area (Å²) in [6.07, 6.45) is 0.0650. The van der Waals surface area contributed by atoms with Crippen molar-refractivity contribution in [2.45, 2.75) is 26.0 Å². The standard InChI is InChI=1S/C13H21NO2/c1-10(9-15-4)16-13-8-6-5-7-12(13)11(2)14-3/h5-8,10-11,14H,9H2,1-4H3. The van der Waals surface area contributed by atoms with Gasteiger partial charge in [-0.15, -0.1) is 0 Å². The molecule has 3 nitrogen and oxygen atoms in total. The fourth-order valence-corrected chi connectivity index (χ4v) is 1.59. The Balaban J connectivity index is 2.78. The van der Waals surface area contributed by atoms with Crippen molar-refractivity contribution in [1.29, 1.82) is 0 Å². The molecule has 1 N–H and O–H groups in total. The monoisotopic (exact) mass is 223 g/mol. The molecule has 3 heteroatoms. The Morgan fingerprint density at radius 1 is 1.25 bits per heavy atom. The fourth-order valence-electron chi connectivity index (χ4n) is 1.59. The maximum atomic E-state index is 5.84. The summed E-state index contributed by atoms with van der Waals surface area (Å²) in [6.45, 7) is 4.72. The maximum absolute atomic E-state index is 5.84. The number of methoxy groups -OCH3 is 1. The molecule has 0 spiro atoms. The number of nitrogens with one attached hydrogen (secondary N) is 1. The molecule has 2 unspecified atom stereocenters. The molecular weight excluding hydrogens is 202 g/mol. The van der Waals surface area contributed by atoms with Gasteiger partial charge in [-0.1, -0.05) is 18.2 Å². The molecule has 90 valence electrons. The van der Waals surface area contributed by atoms with Gasteiger partial charge in [0.25, 0.3) is 0 Å². The minimum atomic E-state index is 0.0650. The summed E-state index contributed by atoms with van der Waals surface area (Å²) in [4.78, 5) is 0. The highest BCUT2D eigenvalue weighted by Crippen LogP contribution is 2.25. The maximum Gasteiger partial charge on any atom is 0.124 e. The van der Waals surface area contributed by atoms with Gasteiger partial charge in [-0.3, -0.25) is 0 Å². The topological polar surface area (TPSA) is 30.5 Å². The lowest BCUT2D eigenvalue weighted by Gasteiger charge is -2.19. The number of hydrogen-bond donors (Lipinski definition) is 1. The summed E-state index contributed by atoms with van der Waals surface area (Å²) < 4.78 is 10.9. The predicted octanol–water partition coefficient (Wildman–Crippen LogP) is 2.38. The third-order valence-corrected chi connectivity index (χ3v) is 2.55. The van der Waals surface area contributed by atoms with Crippen LogP contribution in [-0.4, -0.2) is 26.9 Å². The summed E-state index contributed by atoms with van der Waals surface area (Å²) >= 11 is 0. The van der Waals surface area contributed by atoms with Gasteiger partial charge < -0.3 is 14.8 Å². The molecule has 0 aliphatic carbocycles. The highest BCUT2D eigenvalue weighted by Gasteiger charge is 2.11. The molecule has 0 saturated carbocycles. The van der Waals surface area contributed by atoms with Crippen LogP contribution in [0.4, 0.5) is 0 Å². The fraction of sp³-hybridized carbons (Fsp3) is 0.538. The second-order valence-corrected chi connectivity index (χ2v) is 3.93. The van der Waals surface area contributed by atoms with E-state index in [0.717, 1.165) is 5.75 Å². The van der Waals surface area contributed by atoms with E-state index < -0.39 is 0 Å². The first kappa shape index (κ1) is 13.0. The van der Waals surface area contributed by atoms with Gasteiger partial charge in [-0.05, 0) is 27.0 Å². The lowest BCUT2D eigenvalue weighted by Crippen LogP contribution is -2.20. The van der Waals surface area contributed by atoms with Gasteiger partial charge in [0.05, 0.1) is 6.61 Å². The molecule has 1 rings (SSSR count). The van der Waals surface area contributed by atoms with E-state index in [1.807, 2.05) is 32.2 Å². The molecule has 0 amide bonds. The number of ether oxygens (including phenoxy) is 2. The molecule has 0 aliphatic rings. The summed E-state index contributed by atoms with van der Waals surface area (Å²) in [7, 11) is 3.63. The Morgan fingerprint density at radius 2 is 1.94 bits per heavy atom. The first-order valence-corrected chi connectivity index (χ1v) is 5.60. The van der Waals surface area contributed by atoms with Crippen LogP contribution in [0.25, 0.3) is 0 Å². The normalized spacial score (nSPS) is 14.5. The van der Waals surface area contributed by atoms with Crippen molar-refractivity contribution in [2.24, 2.45) is 0 Å². The molecule has 0 fully saturated rings. The average Bonchev–Trinajstić information content (AvgIpc) is 2.29. The largest absolute Gasteiger partial charge is 0.488 e. The Bertz CT molecular complexity index is 315. The van der Waals surface area contributed by atoms with Gasteiger partial charge >= 0.3 is 0 Å². The van der Waals surface area contributed by atoms with Crippen LogP contribution in [0, 0.1) is 0 Å². The molecule has 0 heterocycles. The van der Waals surface area contributed by atoms with Crippen molar-refractivity contribution in [1.82, 2.24) is 5.32 Å². The number of benzene rings is 1. The second-order valence-electron chi connectivity index (χ2n) is 3.93. The van der Waals surface area contributed by atoms with Gasteiger partial charge in [0, 0.05) is 18.7 Å². The van der Waals surface area contributed by atoms with Crippen LogP contribution >= 0.6 is 0 Å². The molecule has 0 saturated heterocycles. The Hall–Kier alpha value is -1.06. The summed E-state index contributed by atoms with van der Waals surface area (Å²) in [5.41, 5.74) is 1.17. The number of rotatable bonds is 6. The van der Waals surface area contributed by atoms with Crippen molar-refractivity contribution in [3.8, 4) is 5.75 Å². The van der Waals surface area contributed by atoms with E-state index >= 15 is 0 Å². The summed E-state index contributed by atoms with van der Waals surface area (Å²) in [5, 5.41) is 3.22. The Morgan fingerprint density at radius 3 is 2.56 bits per heavy atom. The van der Waals surface area contributed by atoms with Crippen molar-refractivity contribution in [3.05, 3.63) is 29.8 Å². The van der Waals surface area contributed by atoms with Crippen molar-refractivity contribution < 1.29 is 9.47 Å². The summed E-state index contributed by atoms with van der Waals surface area (Å²) in [5.74, 6) is 0.925. The molecule has 16 heavy (non-hydrogen) atoms. The van der Waals surface area contributed by atoms with Gasteiger partial charge in [-0.25, -0.2) is 0 Å². The zero-order chi connectivity index (χ0) is 12.0. The quantitative estimate of drug-likeness (QED) is 0.803. The van der Waals surface area contributed by atoms with E-state index in [1.54, 1.807) is 7.11 Å². The first-order valence-electron chi connectivity index (χ1n) is 5.60. The van der Waals surface area contributed by atoms with Crippen LogP contribution in [0.3, 0.4) is 0 Å². The Kier molecular flexibility index (Phi) is 5.29. The van der Waals surface area contributed by atoms with E-state index in [0.29, 0.717) is 6.61 Å². The van der Waals surface area contributed by atoms with Crippen molar-refractivity contribution in [3.63, 3.8) is 0 Å². The van der Waals surface area contributed by atoms with E-state index in [-0.39, 0.29) is 12.1 Å². The molecule has 2 atom stereocenters. The van der Waals surface area contributed by atoms with Crippen molar-refractivity contribution in [2.75, 3.05) is 20.8 Å². The van der Waals surface area contributed by atoms with E-state index in [9.17, 15) is 0 Å². The summed E-state index contributed by atoms with van der Waals surface area (Å²) in [6, 6.07) is 8.37. The van der Waals surface area contributed by atoms with E-state index in [4.69, 9.17) is 9.47 Å². The third-order valence-electron chi connectivity index (χ3n) is 2.55. The zero-order valence-electron chi connectivity index (χ0n) is 10.5. The first-order chi connectivity index (χ1) is 7.69. The SMILES string of the molecule is CNC(C)c1ccccc1OC(C)COC. The van der Waals surface area contributed by atoms with Crippen LogP contribution in [0.1, 0.15) is 25.5 Å². The van der Waals surface area contributed by atoms with Crippen LogP contribution in [0.2, 0.25) is 0 Å². The predicted molar refractivity (Wildman–Crippen MR) is 65.9 cm³/mol. The van der Waals surface area contributed by atoms with Crippen molar-refractivity contribution >= 4 is 0 Å². The molecular formula is C13H21NO2. The minimum absolute atomic E-state index is 0.0650. The number of para-hydroxylation sites is 1. The smallest absolute Gasteiger partial charge is 0.124 e. The van der Waals surface area contributed by atoms with E-state index in [1.165, 1.54) is 5.56 Å². The lowest BCUT2D eigenvalue weighted by atomic mass is 10.1. The second kappa shape index (κ2) is 6.51. The molecule has 0 radical (unpaired) electrons. The van der Waals surface area contributed by atoms with Crippen LogP contribution in [0.15, 0.2) is 24.3 Å². The van der Waals surface area contributed by atoms with Crippen LogP contribution in [-0.2, 0) is 4.74 Å². The Labute approximate surface area is 97.8 Å². The molecule has 1 aromatic carbocycles. The zero-order valence-corrected chi connectivity index (χ0v) is 10.5. The number of hydrogen-bond acceptors (Lipinski definition) is 3. The molecule has 1 aromatic rings. The van der Waals surface area contributed by atoms with E-state index in [2.05, 4.69) is 18.3 Å². The highest BCUT2D eigenvalue weighted by atomic mass is 16.5. The van der Waals surface area contributed by atoms with Gasteiger partial charge in [0.15, 0.2) is 0 Å². The average molecular weight is 223 g/mol. The lowest BCUT2D eigenvalue weighted by molar-refractivity contribution is 0.0911. The van der Waals surface area contributed by atoms with Gasteiger partial charge in [0.2, 0.25) is 0 Å². The van der Waals surface area contributed by atoms with Crippen LogP contribution < -0.4 is 10.1 Å². The van der Waals surface area contributed by atoms with Crippen LogP contribution in [0.5, 0.6) is 5.75 Å². The van der Waals surface area contributed by atoms with Gasteiger partial charge in [0.1, 0.15) is 11.9 Å². The highest BCUT2D eigenvalue weighted by molar-refractivity contribution is 5.35. The third kappa shape index (κ3) is 3.51. The van der Waals surface area contributed by atoms with Gasteiger partial charge in [-0.2, -0.15) is 0 Å². The molecule has 0 bridgehead atoms. The molecule has 0 aliphatic heterocycles. The minimum Gasteiger partial charge on any atom is -0.488 e. The molecule has 0 aromatic heterocycles.